The van der Waals surface area contributed by atoms with Gasteiger partial charge in [-0.2, -0.15) is 0 Å². The molecule has 1 amide bonds. The van der Waals surface area contributed by atoms with E-state index in [9.17, 15) is 19.1 Å². The predicted octanol–water partition coefficient (Wildman–Crippen LogP) is 6.14. The predicted molar refractivity (Wildman–Crippen MR) is 166 cm³/mol. The van der Waals surface area contributed by atoms with Crippen molar-refractivity contribution in [2.45, 2.75) is 57.5 Å². The zero-order valence-electron chi connectivity index (χ0n) is 25.6. The minimum atomic E-state index is -1.62. The average Bonchev–Trinajstić information content (AvgIpc) is 3.87. The molecular formula is C34H41FN4O5. The first kappa shape index (κ1) is 31.2. The molecule has 9 nitrogen and oxygen atoms in total. The number of nitrogens with zero attached hydrogens (tertiary/aromatic N) is 4. The Morgan fingerprint density at radius 1 is 1.07 bits per heavy atom. The smallest absolute Gasteiger partial charge is 0.303 e. The van der Waals surface area contributed by atoms with Gasteiger partial charge >= 0.3 is 5.97 Å². The number of amides is 1. The fourth-order valence-corrected chi connectivity index (χ4v) is 5.89. The van der Waals surface area contributed by atoms with Crippen LogP contribution in [-0.2, 0) is 4.79 Å². The molecule has 0 spiro atoms. The van der Waals surface area contributed by atoms with Gasteiger partial charge in [0.2, 0.25) is 5.88 Å². The number of methoxy groups -OCH3 is 1. The van der Waals surface area contributed by atoms with E-state index in [0.717, 1.165) is 36.9 Å². The van der Waals surface area contributed by atoms with Crippen LogP contribution in [0.25, 0.3) is 0 Å². The molecule has 1 saturated heterocycles. The van der Waals surface area contributed by atoms with Crippen molar-refractivity contribution in [2.24, 2.45) is 11.8 Å². The van der Waals surface area contributed by atoms with Crippen LogP contribution in [0.2, 0.25) is 0 Å². The van der Waals surface area contributed by atoms with Crippen molar-refractivity contribution in [1.82, 2.24) is 9.97 Å². The molecule has 2 aliphatic rings. The summed E-state index contributed by atoms with van der Waals surface area (Å²) in [5.74, 6) is 1.13. The van der Waals surface area contributed by atoms with Crippen LogP contribution in [0.3, 0.4) is 0 Å². The first-order chi connectivity index (χ1) is 21.1. The first-order valence-corrected chi connectivity index (χ1v) is 15.3. The number of alkyl halides is 1. The van der Waals surface area contributed by atoms with Crippen LogP contribution in [-0.4, -0.2) is 66.0 Å². The molecule has 2 fully saturated rings. The van der Waals surface area contributed by atoms with Crippen molar-refractivity contribution in [2.75, 3.05) is 43.2 Å². The van der Waals surface area contributed by atoms with E-state index >= 15 is 0 Å². The number of ether oxygens (including phenoxy) is 2. The topological polar surface area (TPSA) is 105 Å². The zero-order chi connectivity index (χ0) is 31.3. The summed E-state index contributed by atoms with van der Waals surface area (Å²) in [5, 5.41) is 9.37. The lowest BCUT2D eigenvalue weighted by atomic mass is 9.92. The second kappa shape index (κ2) is 13.6. The van der Waals surface area contributed by atoms with Crippen LogP contribution < -0.4 is 19.3 Å². The van der Waals surface area contributed by atoms with Gasteiger partial charge in [0.15, 0.2) is 0 Å². The van der Waals surface area contributed by atoms with Crippen LogP contribution >= 0.6 is 0 Å². The Labute approximate surface area is 258 Å². The van der Waals surface area contributed by atoms with Crippen molar-refractivity contribution in [3.63, 3.8) is 0 Å². The number of benzene rings is 1. The molecule has 0 bridgehead atoms. The largest absolute Gasteiger partial charge is 0.497 e. The van der Waals surface area contributed by atoms with E-state index in [1.807, 2.05) is 18.2 Å². The minimum absolute atomic E-state index is 0.00886. The monoisotopic (exact) mass is 604 g/mol. The summed E-state index contributed by atoms with van der Waals surface area (Å²) in [6.07, 6.45) is 7.22. The van der Waals surface area contributed by atoms with E-state index in [0.29, 0.717) is 48.6 Å². The van der Waals surface area contributed by atoms with E-state index in [1.165, 1.54) is 18.7 Å². The number of halogens is 1. The quantitative estimate of drug-likeness (QED) is 0.248. The molecule has 2 aromatic heterocycles. The number of piperidine rings is 1. The van der Waals surface area contributed by atoms with Crippen molar-refractivity contribution in [3.8, 4) is 11.6 Å². The highest BCUT2D eigenvalue weighted by atomic mass is 19.1. The maximum atomic E-state index is 14.9. The van der Waals surface area contributed by atoms with Crippen molar-refractivity contribution < 1.29 is 28.6 Å². The molecule has 1 saturated carbocycles. The normalized spacial score (nSPS) is 16.3. The first-order valence-electron chi connectivity index (χ1n) is 15.3. The number of carboxylic acid groups (broad SMARTS) is 1. The summed E-state index contributed by atoms with van der Waals surface area (Å²) in [7, 11) is 1.59. The van der Waals surface area contributed by atoms with E-state index in [1.54, 1.807) is 49.8 Å². The summed E-state index contributed by atoms with van der Waals surface area (Å²) in [6.45, 7) is 4.67. The van der Waals surface area contributed by atoms with Gasteiger partial charge in [-0.3, -0.25) is 14.5 Å². The molecule has 1 aliphatic heterocycles. The van der Waals surface area contributed by atoms with Gasteiger partial charge in [-0.1, -0.05) is 6.07 Å². The molecule has 3 heterocycles. The Balaban J connectivity index is 1.26. The van der Waals surface area contributed by atoms with Gasteiger partial charge in [0, 0.05) is 37.6 Å². The SMILES string of the molecule is COc1ccc(C(=O)N(CC(C)(C)F)c2ccccn2)c(N2CCC(COc3cc(C(CC(=O)O)C4CC4)ccn3)CC2)c1. The zero-order valence-corrected chi connectivity index (χ0v) is 25.6. The van der Waals surface area contributed by atoms with E-state index < -0.39 is 11.6 Å². The molecule has 5 rings (SSSR count). The highest BCUT2D eigenvalue weighted by Crippen LogP contribution is 2.45. The van der Waals surface area contributed by atoms with Gasteiger partial charge in [-0.05, 0) is 93.2 Å². The standard InChI is InChI=1S/C34H41FN4O5/c1-34(2,35)22-39(30-6-4-5-14-36-30)33(42)27-10-9-26(43-3)19-29(27)38-16-12-23(13-17-38)21-44-31-18-25(11-15-37-31)28(20-32(40)41)24-7-8-24/h4-6,9-11,14-15,18-19,23-24,28H,7-8,12-13,16-17,20-22H2,1-3H3,(H,40,41). The summed E-state index contributed by atoms with van der Waals surface area (Å²) >= 11 is 0. The average molecular weight is 605 g/mol. The Morgan fingerprint density at radius 3 is 2.48 bits per heavy atom. The van der Waals surface area contributed by atoms with E-state index in [-0.39, 0.29) is 30.7 Å². The third kappa shape index (κ3) is 8.03. The van der Waals surface area contributed by atoms with Gasteiger partial charge in [0.25, 0.3) is 5.91 Å². The van der Waals surface area contributed by atoms with Crippen molar-refractivity contribution in [1.29, 1.82) is 0 Å². The number of carboxylic acids is 1. The Morgan fingerprint density at radius 2 is 1.84 bits per heavy atom. The number of rotatable bonds is 13. The molecule has 44 heavy (non-hydrogen) atoms. The lowest BCUT2D eigenvalue weighted by molar-refractivity contribution is -0.137. The van der Waals surface area contributed by atoms with Crippen LogP contribution in [0.4, 0.5) is 15.9 Å². The molecule has 3 aromatic rings. The summed E-state index contributed by atoms with van der Waals surface area (Å²) in [5.41, 5.74) is 0.552. The second-order valence-corrected chi connectivity index (χ2v) is 12.4. The van der Waals surface area contributed by atoms with Gasteiger partial charge in [0.1, 0.15) is 17.2 Å². The van der Waals surface area contributed by atoms with Crippen molar-refractivity contribution >= 4 is 23.4 Å². The molecule has 0 radical (unpaired) electrons. The van der Waals surface area contributed by atoms with Gasteiger partial charge < -0.3 is 19.5 Å². The number of aromatic nitrogens is 2. The van der Waals surface area contributed by atoms with Crippen LogP contribution in [0.15, 0.2) is 60.9 Å². The lowest BCUT2D eigenvalue weighted by Crippen LogP contribution is -2.42. The fourth-order valence-electron chi connectivity index (χ4n) is 5.89. The van der Waals surface area contributed by atoms with Crippen LogP contribution in [0.1, 0.15) is 67.8 Å². The molecule has 234 valence electrons. The third-order valence-electron chi connectivity index (χ3n) is 8.34. The summed E-state index contributed by atoms with van der Waals surface area (Å²) < 4.78 is 26.5. The maximum Gasteiger partial charge on any atom is 0.303 e. The molecule has 1 unspecified atom stereocenters. The number of anilines is 2. The number of pyridine rings is 2. The Hall–Kier alpha value is -4.21. The van der Waals surface area contributed by atoms with Gasteiger partial charge in [0.05, 0.1) is 37.9 Å². The lowest BCUT2D eigenvalue weighted by Gasteiger charge is -2.35. The van der Waals surface area contributed by atoms with Gasteiger partial charge in [-0.15, -0.1) is 0 Å². The van der Waals surface area contributed by atoms with E-state index in [4.69, 9.17) is 9.47 Å². The molecule has 10 heteroatoms. The minimum Gasteiger partial charge on any atom is -0.497 e. The number of hydrogen-bond donors (Lipinski definition) is 1. The highest BCUT2D eigenvalue weighted by molar-refractivity contribution is 6.09. The van der Waals surface area contributed by atoms with Gasteiger partial charge in [-0.25, -0.2) is 14.4 Å². The van der Waals surface area contributed by atoms with Crippen molar-refractivity contribution in [3.05, 3.63) is 72.1 Å². The number of hydrogen-bond acceptors (Lipinski definition) is 7. The fraction of sp³-hybridized carbons (Fsp3) is 0.471. The summed E-state index contributed by atoms with van der Waals surface area (Å²) in [6, 6.07) is 14.4. The highest BCUT2D eigenvalue weighted by Gasteiger charge is 2.34. The van der Waals surface area contributed by atoms with Crippen LogP contribution in [0, 0.1) is 11.8 Å². The molecular weight excluding hydrogens is 563 g/mol. The third-order valence-corrected chi connectivity index (χ3v) is 8.34. The molecule has 1 aromatic carbocycles. The number of carbonyl (C=O) groups excluding carboxylic acids is 1. The number of carbonyl (C=O) groups is 2. The van der Waals surface area contributed by atoms with Crippen LogP contribution in [0.5, 0.6) is 11.6 Å². The number of aliphatic carboxylic acids is 1. The van der Waals surface area contributed by atoms with E-state index in [2.05, 4.69) is 14.9 Å². The summed E-state index contributed by atoms with van der Waals surface area (Å²) in [4.78, 5) is 37.7. The molecule has 1 atom stereocenters. The second-order valence-electron chi connectivity index (χ2n) is 12.4. The molecule has 1 N–H and O–H groups in total. The Bertz CT molecular complexity index is 1440. The Kier molecular flexibility index (Phi) is 9.66. The molecule has 1 aliphatic carbocycles. The maximum absolute atomic E-state index is 14.9.